The van der Waals surface area contributed by atoms with E-state index in [9.17, 15) is 0 Å². The van der Waals surface area contributed by atoms with Gasteiger partial charge in [-0.1, -0.05) is 11.8 Å². The molecule has 2 N–H and O–H groups in total. The number of likely N-dealkylation sites (tertiary alicyclic amines) is 1. The van der Waals surface area contributed by atoms with Crippen molar-refractivity contribution < 1.29 is 0 Å². The molecule has 1 aromatic heterocycles. The molecule has 2 atom stereocenters. The van der Waals surface area contributed by atoms with E-state index in [2.05, 4.69) is 63.6 Å². The highest BCUT2D eigenvalue weighted by molar-refractivity contribution is 7.99. The first-order chi connectivity index (χ1) is 9.70. The third kappa shape index (κ3) is 3.13. The van der Waals surface area contributed by atoms with Crippen molar-refractivity contribution in [2.45, 2.75) is 35.5 Å². The van der Waals surface area contributed by atoms with Crippen molar-refractivity contribution in [2.24, 2.45) is 0 Å². The summed E-state index contributed by atoms with van der Waals surface area (Å²) in [6.07, 6.45) is 2.72. The van der Waals surface area contributed by atoms with Gasteiger partial charge in [-0.25, -0.2) is 4.98 Å². The van der Waals surface area contributed by atoms with Crippen LogP contribution in [0.25, 0.3) is 0 Å². The third-order valence-corrected chi connectivity index (χ3v) is 4.62. The van der Waals surface area contributed by atoms with Crippen LogP contribution < -0.4 is 5.32 Å². The van der Waals surface area contributed by atoms with Gasteiger partial charge in [-0.15, -0.1) is 0 Å². The number of aromatic amines is 1. The van der Waals surface area contributed by atoms with Crippen molar-refractivity contribution in [3.63, 3.8) is 0 Å². The number of benzene rings is 1. The van der Waals surface area contributed by atoms with Crippen molar-refractivity contribution in [3.8, 4) is 0 Å². The summed E-state index contributed by atoms with van der Waals surface area (Å²) in [6, 6.07) is 9.68. The summed E-state index contributed by atoms with van der Waals surface area (Å²) in [5.41, 5.74) is 1.18. The zero-order valence-electron chi connectivity index (χ0n) is 11.7. The van der Waals surface area contributed by atoms with E-state index in [1.807, 2.05) is 0 Å². The number of likely N-dealkylation sites (N-methyl/N-ethyl adjacent to an activating group) is 1. The number of anilines is 1. The summed E-state index contributed by atoms with van der Waals surface area (Å²) in [5, 5.41) is 11.1. The fraction of sp³-hybridized carbons (Fsp3) is 0.429. The molecule has 0 bridgehead atoms. The van der Waals surface area contributed by atoms with Crippen molar-refractivity contribution in [3.05, 3.63) is 30.6 Å². The van der Waals surface area contributed by atoms with Crippen molar-refractivity contribution in [2.75, 3.05) is 18.9 Å². The average molecular weight is 289 g/mol. The number of hydrogen-bond donors (Lipinski definition) is 2. The van der Waals surface area contributed by atoms with Gasteiger partial charge in [0.2, 0.25) is 0 Å². The number of hydrogen-bond acceptors (Lipinski definition) is 5. The number of nitrogens with one attached hydrogen (secondary N) is 2. The Kier molecular flexibility index (Phi) is 3.93. The van der Waals surface area contributed by atoms with E-state index in [0.29, 0.717) is 12.1 Å². The molecule has 1 aromatic carbocycles. The average Bonchev–Trinajstić information content (AvgIpc) is 3.03. The molecule has 1 saturated heterocycles. The van der Waals surface area contributed by atoms with Gasteiger partial charge in [-0.05, 0) is 44.7 Å². The first-order valence-electron chi connectivity index (χ1n) is 6.81. The molecule has 0 spiro atoms. The Labute approximate surface area is 123 Å². The Bertz CT molecular complexity index is 529. The van der Waals surface area contributed by atoms with E-state index in [4.69, 9.17) is 0 Å². The molecule has 2 aromatic rings. The van der Waals surface area contributed by atoms with E-state index >= 15 is 0 Å². The Hall–Kier alpha value is -1.53. The second-order valence-electron chi connectivity index (χ2n) is 5.28. The maximum Gasteiger partial charge on any atom is 0.188 e. The highest BCUT2D eigenvalue weighted by Gasteiger charge is 2.25. The van der Waals surface area contributed by atoms with Crippen LogP contribution in [-0.2, 0) is 0 Å². The molecule has 1 fully saturated rings. The van der Waals surface area contributed by atoms with Crippen LogP contribution in [-0.4, -0.2) is 45.8 Å². The predicted octanol–water partition coefficient (Wildman–Crippen LogP) is 2.46. The largest absolute Gasteiger partial charge is 0.381 e. The summed E-state index contributed by atoms with van der Waals surface area (Å²) < 4.78 is 0. The molecule has 5 nitrogen and oxygen atoms in total. The van der Waals surface area contributed by atoms with Crippen LogP contribution in [0, 0.1) is 0 Å². The number of nitrogens with zero attached hydrogens (tertiary/aromatic N) is 3. The van der Waals surface area contributed by atoms with Gasteiger partial charge in [0.1, 0.15) is 6.33 Å². The Morgan fingerprint density at radius 3 is 2.75 bits per heavy atom. The predicted molar refractivity (Wildman–Crippen MR) is 81.1 cm³/mol. The lowest BCUT2D eigenvalue weighted by Crippen LogP contribution is -2.24. The lowest BCUT2D eigenvalue weighted by Gasteiger charge is -2.14. The van der Waals surface area contributed by atoms with E-state index < -0.39 is 0 Å². The van der Waals surface area contributed by atoms with Gasteiger partial charge in [0.05, 0.1) is 0 Å². The summed E-state index contributed by atoms with van der Waals surface area (Å²) in [4.78, 5) is 7.66. The van der Waals surface area contributed by atoms with E-state index in [0.717, 1.165) is 16.6 Å². The Morgan fingerprint density at radius 1 is 1.35 bits per heavy atom. The van der Waals surface area contributed by atoms with Gasteiger partial charge in [0.15, 0.2) is 5.16 Å². The fourth-order valence-electron chi connectivity index (χ4n) is 2.51. The molecule has 1 aliphatic heterocycles. The molecule has 0 aliphatic carbocycles. The molecule has 6 heteroatoms. The monoisotopic (exact) mass is 289 g/mol. The molecule has 2 unspecified atom stereocenters. The second kappa shape index (κ2) is 5.85. The van der Waals surface area contributed by atoms with Crippen molar-refractivity contribution >= 4 is 17.4 Å². The maximum atomic E-state index is 4.11. The minimum atomic E-state index is 0.544. The summed E-state index contributed by atoms with van der Waals surface area (Å²) in [7, 11) is 2.18. The van der Waals surface area contributed by atoms with E-state index in [1.165, 1.54) is 18.4 Å². The van der Waals surface area contributed by atoms with Gasteiger partial charge in [-0.2, -0.15) is 5.10 Å². The quantitative estimate of drug-likeness (QED) is 0.905. The van der Waals surface area contributed by atoms with Crippen LogP contribution in [0.3, 0.4) is 0 Å². The van der Waals surface area contributed by atoms with Crippen LogP contribution in [0.5, 0.6) is 0 Å². The molecule has 1 aliphatic rings. The third-order valence-electron chi connectivity index (χ3n) is 3.72. The van der Waals surface area contributed by atoms with Gasteiger partial charge in [0, 0.05) is 29.2 Å². The van der Waals surface area contributed by atoms with Crippen LogP contribution in [0.2, 0.25) is 0 Å². The van der Waals surface area contributed by atoms with Crippen molar-refractivity contribution in [1.29, 1.82) is 0 Å². The summed E-state index contributed by atoms with van der Waals surface area (Å²) in [5.74, 6) is 0. The smallest absolute Gasteiger partial charge is 0.188 e. The van der Waals surface area contributed by atoms with E-state index in [1.54, 1.807) is 11.8 Å². The highest BCUT2D eigenvalue weighted by atomic mass is 32.2. The molecule has 0 saturated carbocycles. The van der Waals surface area contributed by atoms with Crippen LogP contribution in [0.15, 0.2) is 40.6 Å². The van der Waals surface area contributed by atoms with Gasteiger partial charge in [0.25, 0.3) is 0 Å². The summed E-state index contributed by atoms with van der Waals surface area (Å²) in [6.45, 7) is 3.38. The van der Waals surface area contributed by atoms with Gasteiger partial charge in [-0.3, -0.25) is 5.10 Å². The fourth-order valence-corrected chi connectivity index (χ4v) is 3.20. The molecule has 106 valence electrons. The number of H-pyrrole nitrogens is 1. The Morgan fingerprint density at radius 2 is 2.15 bits per heavy atom. The minimum absolute atomic E-state index is 0.544. The molecule has 2 heterocycles. The molecule has 3 rings (SSSR count). The highest BCUT2D eigenvalue weighted by Crippen LogP contribution is 2.26. The number of rotatable bonds is 4. The van der Waals surface area contributed by atoms with Crippen LogP contribution in [0.1, 0.15) is 13.3 Å². The van der Waals surface area contributed by atoms with Crippen LogP contribution in [0.4, 0.5) is 5.69 Å². The maximum absolute atomic E-state index is 4.11. The lowest BCUT2D eigenvalue weighted by atomic mass is 10.2. The van der Waals surface area contributed by atoms with Gasteiger partial charge < -0.3 is 10.2 Å². The van der Waals surface area contributed by atoms with Crippen LogP contribution >= 0.6 is 11.8 Å². The second-order valence-corrected chi connectivity index (χ2v) is 6.34. The molecule has 0 amide bonds. The molecular formula is C14H19N5S. The first kappa shape index (κ1) is 13.5. The lowest BCUT2D eigenvalue weighted by molar-refractivity contribution is 0.330. The van der Waals surface area contributed by atoms with Gasteiger partial charge >= 0.3 is 0 Å². The number of aromatic nitrogens is 3. The summed E-state index contributed by atoms with van der Waals surface area (Å²) >= 11 is 1.58. The normalized spacial score (nSPS) is 23.1. The van der Waals surface area contributed by atoms with E-state index in [-0.39, 0.29) is 0 Å². The minimum Gasteiger partial charge on any atom is -0.381 e. The zero-order chi connectivity index (χ0) is 13.9. The Balaban J connectivity index is 1.59. The topological polar surface area (TPSA) is 56.8 Å². The molecule has 0 radical (unpaired) electrons. The zero-order valence-corrected chi connectivity index (χ0v) is 12.5. The molecule has 20 heavy (non-hydrogen) atoms. The SMILES string of the molecule is CC1CC(Nc2ccc(Sc3ncn[nH]3)cc2)CN1C. The van der Waals surface area contributed by atoms with Crippen molar-refractivity contribution in [1.82, 2.24) is 20.1 Å². The first-order valence-corrected chi connectivity index (χ1v) is 7.62. The molecular weight excluding hydrogens is 270 g/mol. The standard InChI is InChI=1S/C14H19N5S/c1-10-7-12(8-19(10)2)17-11-3-5-13(6-4-11)20-14-15-9-16-18-14/h3-6,9-10,12,17H,7-8H2,1-2H3,(H,15,16,18).